The molecule has 3 unspecified atom stereocenters. The minimum atomic E-state index is -0.551. The largest absolute Gasteiger partial charge is 0.363 e. The highest BCUT2D eigenvalue weighted by molar-refractivity contribution is 5.92. The molecule has 4 rings (SSSR count). The fraction of sp³-hybridized carbons (Fsp3) is 0.526. The molecule has 1 amide bonds. The summed E-state index contributed by atoms with van der Waals surface area (Å²) in [4.78, 5) is 20.6. The molecular weight excluding hydrogens is 286 g/mol. The minimum absolute atomic E-state index is 0.142. The summed E-state index contributed by atoms with van der Waals surface area (Å²) in [7, 11) is 0. The van der Waals surface area contributed by atoms with Crippen LogP contribution in [-0.2, 0) is 0 Å². The molecule has 23 heavy (non-hydrogen) atoms. The van der Waals surface area contributed by atoms with E-state index in [0.29, 0.717) is 11.3 Å². The number of benzene rings is 1. The van der Waals surface area contributed by atoms with Gasteiger partial charge in [-0.1, -0.05) is 39.0 Å². The molecule has 0 aliphatic heterocycles. The third kappa shape index (κ3) is 1.81. The van der Waals surface area contributed by atoms with E-state index in [0.717, 1.165) is 28.9 Å². The smallest absolute Gasteiger partial charge is 0.286 e. The second-order valence-corrected chi connectivity index (χ2v) is 7.98. The van der Waals surface area contributed by atoms with Crippen molar-refractivity contribution in [2.45, 2.75) is 46.0 Å². The van der Waals surface area contributed by atoms with Crippen LogP contribution in [0.4, 0.5) is 0 Å². The van der Waals surface area contributed by atoms with Crippen LogP contribution in [0.15, 0.2) is 24.3 Å². The highest BCUT2D eigenvalue weighted by Crippen LogP contribution is 2.71. The van der Waals surface area contributed by atoms with Gasteiger partial charge in [-0.05, 0) is 42.1 Å². The summed E-state index contributed by atoms with van der Waals surface area (Å²) in [6, 6.07) is 7.96. The van der Waals surface area contributed by atoms with Crippen molar-refractivity contribution in [1.29, 1.82) is 0 Å². The zero-order valence-electron chi connectivity index (χ0n) is 14.0. The first-order chi connectivity index (χ1) is 10.8. The molecule has 2 saturated carbocycles. The maximum absolute atomic E-state index is 11.7. The fourth-order valence-electron chi connectivity index (χ4n) is 5.09. The van der Waals surface area contributed by atoms with Gasteiger partial charge in [-0.25, -0.2) is 9.97 Å². The van der Waals surface area contributed by atoms with E-state index in [9.17, 15) is 4.79 Å². The van der Waals surface area contributed by atoms with E-state index >= 15 is 0 Å². The molecule has 2 aromatic rings. The molecule has 2 fully saturated rings. The molecule has 1 aromatic carbocycles. The number of carbonyl (C=O) groups is 1. The van der Waals surface area contributed by atoms with Gasteiger partial charge in [-0.2, -0.15) is 0 Å². The van der Waals surface area contributed by atoms with Crippen molar-refractivity contribution in [2.24, 2.45) is 22.5 Å². The third-order valence-electron chi connectivity index (χ3n) is 6.98. The molecule has 0 saturated heterocycles. The van der Waals surface area contributed by atoms with Gasteiger partial charge in [0.1, 0.15) is 0 Å². The first-order valence-electron chi connectivity index (χ1n) is 8.41. The lowest BCUT2D eigenvalue weighted by molar-refractivity contribution is 0.0989. The molecule has 0 radical (unpaired) electrons. The number of primary amides is 1. The first-order valence-corrected chi connectivity index (χ1v) is 8.41. The van der Waals surface area contributed by atoms with Gasteiger partial charge >= 0.3 is 0 Å². The summed E-state index contributed by atoms with van der Waals surface area (Å²) in [5.41, 5.74) is 7.82. The number of rotatable bonds is 2. The van der Waals surface area contributed by atoms with Crippen molar-refractivity contribution in [2.75, 3.05) is 0 Å². The Hall–Kier alpha value is -1.97. The molecule has 4 nitrogen and oxygen atoms in total. The van der Waals surface area contributed by atoms with Gasteiger partial charge in [0, 0.05) is 11.3 Å². The van der Waals surface area contributed by atoms with Crippen LogP contribution in [0.5, 0.6) is 0 Å². The number of fused-ring (bicyclic) bond motifs is 3. The lowest BCUT2D eigenvalue weighted by Gasteiger charge is -2.39. The molecule has 1 aromatic heterocycles. The Kier molecular flexibility index (Phi) is 2.88. The predicted octanol–water partition coefficient (Wildman–Crippen LogP) is 3.66. The monoisotopic (exact) mass is 309 g/mol. The van der Waals surface area contributed by atoms with Crippen LogP contribution < -0.4 is 5.73 Å². The average molecular weight is 309 g/mol. The molecular formula is C19H23N3O. The Bertz CT molecular complexity index is 813. The molecule has 2 aliphatic carbocycles. The number of hydrogen-bond acceptors (Lipinski definition) is 3. The van der Waals surface area contributed by atoms with Crippen LogP contribution in [0.2, 0.25) is 0 Å². The lowest BCUT2D eigenvalue weighted by Crippen LogP contribution is -2.32. The molecule has 120 valence electrons. The maximum Gasteiger partial charge on any atom is 0.286 e. The highest BCUT2D eigenvalue weighted by atomic mass is 16.1. The second kappa shape index (κ2) is 4.53. The predicted molar refractivity (Wildman–Crippen MR) is 90.0 cm³/mol. The number of carbonyl (C=O) groups excluding carboxylic acids is 1. The molecule has 2 N–H and O–H groups in total. The van der Waals surface area contributed by atoms with Crippen molar-refractivity contribution in [3.05, 3.63) is 35.8 Å². The van der Waals surface area contributed by atoms with Crippen LogP contribution >= 0.6 is 0 Å². The molecule has 2 bridgehead atoms. The highest BCUT2D eigenvalue weighted by Gasteiger charge is 2.62. The summed E-state index contributed by atoms with van der Waals surface area (Å²) in [5, 5.41) is 1.06. The number of hydrogen-bond donors (Lipinski definition) is 1. The van der Waals surface area contributed by atoms with E-state index < -0.39 is 5.91 Å². The zero-order valence-corrected chi connectivity index (χ0v) is 14.0. The zero-order chi connectivity index (χ0) is 16.4. The van der Waals surface area contributed by atoms with Gasteiger partial charge in [-0.15, -0.1) is 0 Å². The number of para-hydroxylation sites is 1. The van der Waals surface area contributed by atoms with Crippen molar-refractivity contribution < 1.29 is 4.79 Å². The van der Waals surface area contributed by atoms with Crippen LogP contribution in [-0.4, -0.2) is 15.9 Å². The molecule has 0 spiro atoms. The number of nitrogens with two attached hydrogens (primary N) is 1. The Balaban J connectivity index is 1.94. The van der Waals surface area contributed by atoms with E-state index in [1.807, 2.05) is 18.2 Å². The van der Waals surface area contributed by atoms with Crippen LogP contribution in [0.3, 0.4) is 0 Å². The third-order valence-corrected chi connectivity index (χ3v) is 6.98. The van der Waals surface area contributed by atoms with E-state index in [1.165, 1.54) is 12.8 Å². The van der Waals surface area contributed by atoms with Crippen molar-refractivity contribution in [3.8, 4) is 0 Å². The van der Waals surface area contributed by atoms with Crippen LogP contribution in [0, 0.1) is 16.7 Å². The van der Waals surface area contributed by atoms with E-state index in [1.54, 1.807) is 0 Å². The minimum Gasteiger partial charge on any atom is -0.363 e. The Morgan fingerprint density at radius 3 is 2.57 bits per heavy atom. The Morgan fingerprint density at radius 2 is 1.96 bits per heavy atom. The Labute approximate surface area is 136 Å². The molecule has 4 heteroatoms. The van der Waals surface area contributed by atoms with Gasteiger partial charge in [0.15, 0.2) is 0 Å². The van der Waals surface area contributed by atoms with Crippen LogP contribution in [0.25, 0.3) is 10.9 Å². The standard InChI is InChI=1S/C19H23N3O/c1-18(2)11-8-9-19(18,3)13(10-11)15-12-6-4-5-7-14(12)21-17(22-15)16(20)23/h4-7,11,13H,8-10H2,1-3H3,(H2,20,23). The second-order valence-electron chi connectivity index (χ2n) is 7.98. The van der Waals surface area contributed by atoms with Gasteiger partial charge < -0.3 is 5.73 Å². The van der Waals surface area contributed by atoms with E-state index in [2.05, 4.69) is 36.8 Å². The number of aromatic nitrogens is 2. The average Bonchev–Trinajstić information content (AvgIpc) is 2.86. The quantitative estimate of drug-likeness (QED) is 0.920. The van der Waals surface area contributed by atoms with Crippen molar-refractivity contribution >= 4 is 16.8 Å². The van der Waals surface area contributed by atoms with Crippen LogP contribution in [0.1, 0.15) is 62.3 Å². The van der Waals surface area contributed by atoms with Gasteiger partial charge in [0.2, 0.25) is 5.82 Å². The summed E-state index contributed by atoms with van der Waals surface area (Å²) < 4.78 is 0. The van der Waals surface area contributed by atoms with Gasteiger partial charge in [0.25, 0.3) is 5.91 Å². The SMILES string of the molecule is CC1(C)C2CCC1(C)C(c1nc(C(N)=O)nc3ccccc13)C2. The first kappa shape index (κ1) is 14.6. The van der Waals surface area contributed by atoms with E-state index in [4.69, 9.17) is 5.73 Å². The van der Waals surface area contributed by atoms with Crippen molar-refractivity contribution in [1.82, 2.24) is 9.97 Å². The normalized spacial score (nSPS) is 31.6. The molecule has 1 heterocycles. The topological polar surface area (TPSA) is 68.9 Å². The van der Waals surface area contributed by atoms with Crippen molar-refractivity contribution in [3.63, 3.8) is 0 Å². The summed E-state index contributed by atoms with van der Waals surface area (Å²) >= 11 is 0. The molecule has 3 atom stereocenters. The van der Waals surface area contributed by atoms with E-state index in [-0.39, 0.29) is 11.2 Å². The van der Waals surface area contributed by atoms with Gasteiger partial charge in [-0.3, -0.25) is 4.79 Å². The number of amides is 1. The summed E-state index contributed by atoms with van der Waals surface area (Å²) in [6.07, 6.45) is 3.66. The summed E-state index contributed by atoms with van der Waals surface area (Å²) in [5.74, 6) is 0.679. The fourth-order valence-corrected chi connectivity index (χ4v) is 5.09. The van der Waals surface area contributed by atoms with Gasteiger partial charge in [0.05, 0.1) is 11.2 Å². The lowest BCUT2D eigenvalue weighted by atomic mass is 9.65. The molecule has 2 aliphatic rings. The Morgan fingerprint density at radius 1 is 1.22 bits per heavy atom. The summed E-state index contributed by atoms with van der Waals surface area (Å²) in [6.45, 7) is 7.18. The maximum atomic E-state index is 11.7. The number of nitrogens with zero attached hydrogens (tertiary/aromatic N) is 2.